The van der Waals surface area contributed by atoms with E-state index in [4.69, 9.17) is 50.7 Å². The minimum Gasteiger partial charge on any atom is -0.396 e. The quantitative estimate of drug-likeness (QED) is 0.165. The minimum atomic E-state index is -2.50. The first-order valence-electron chi connectivity index (χ1n) is 7.42. The highest BCUT2D eigenvalue weighted by atomic mass is 16.7. The molecule has 0 spiro atoms. The average Bonchev–Trinajstić information content (AvgIpc) is 2.56. The predicted molar refractivity (Wildman–Crippen MR) is 82.4 cm³/mol. The van der Waals surface area contributed by atoms with Gasteiger partial charge in [0, 0.05) is 5.92 Å². The van der Waals surface area contributed by atoms with Crippen molar-refractivity contribution in [2.45, 2.75) is 19.8 Å². The van der Waals surface area contributed by atoms with Crippen molar-refractivity contribution >= 4 is 0 Å². The molecule has 0 aliphatic rings. The summed E-state index contributed by atoms with van der Waals surface area (Å²) in [7, 11) is 0. The van der Waals surface area contributed by atoms with Crippen LogP contribution in [0.2, 0.25) is 0 Å². The lowest BCUT2D eigenvalue weighted by atomic mass is 9.91. The van der Waals surface area contributed by atoms with Crippen LogP contribution < -0.4 is 0 Å². The maximum absolute atomic E-state index is 9.03. The highest BCUT2D eigenvalue weighted by Crippen LogP contribution is 2.19. The average molecular weight is 360 g/mol. The van der Waals surface area contributed by atoms with Crippen molar-refractivity contribution < 1.29 is 50.7 Å². The van der Waals surface area contributed by atoms with E-state index < -0.39 is 62.4 Å². The van der Waals surface area contributed by atoms with Crippen molar-refractivity contribution in [2.24, 2.45) is 16.7 Å². The smallest absolute Gasteiger partial charge is 0.277 e. The van der Waals surface area contributed by atoms with Crippen molar-refractivity contribution in [3.63, 3.8) is 0 Å². The van der Waals surface area contributed by atoms with Gasteiger partial charge in [-0.25, -0.2) is 0 Å². The van der Waals surface area contributed by atoms with Gasteiger partial charge in [-0.1, -0.05) is 13.8 Å². The number of hydrogen-bond donors (Lipinski definition) is 9. The summed E-state index contributed by atoms with van der Waals surface area (Å²) in [5, 5.41) is 78.8. The van der Waals surface area contributed by atoms with Crippen molar-refractivity contribution in [1.82, 2.24) is 0 Å². The molecule has 0 aliphatic heterocycles. The first-order valence-corrected chi connectivity index (χ1v) is 7.42. The van der Waals surface area contributed by atoms with Gasteiger partial charge in [0.2, 0.25) is 0 Å². The van der Waals surface area contributed by atoms with Crippen LogP contribution in [0.15, 0.2) is 0 Å². The molecule has 0 atom stereocenters. The molecule has 0 aromatic carbocycles. The van der Waals surface area contributed by atoms with Crippen molar-refractivity contribution in [3.05, 3.63) is 0 Å². The van der Waals surface area contributed by atoms with Crippen LogP contribution in [0.3, 0.4) is 0 Å². The fourth-order valence-electron chi connectivity index (χ4n) is 1.06. The second kappa shape index (κ2) is 12.0. The molecule has 10 nitrogen and oxygen atoms in total. The van der Waals surface area contributed by atoms with Crippen molar-refractivity contribution in [2.75, 3.05) is 52.9 Å². The van der Waals surface area contributed by atoms with E-state index in [2.05, 4.69) is 0 Å². The third-order valence-electron chi connectivity index (χ3n) is 3.60. The van der Waals surface area contributed by atoms with Crippen LogP contribution in [0.1, 0.15) is 13.8 Å². The third-order valence-corrected chi connectivity index (χ3v) is 3.60. The van der Waals surface area contributed by atoms with Crippen LogP contribution in [-0.4, -0.2) is 105 Å². The van der Waals surface area contributed by atoms with E-state index in [1.54, 1.807) is 0 Å². The normalized spacial score (nSPS) is 13.0. The van der Waals surface area contributed by atoms with Crippen LogP contribution in [0, 0.1) is 16.7 Å². The van der Waals surface area contributed by atoms with Gasteiger partial charge >= 0.3 is 0 Å². The van der Waals surface area contributed by atoms with Gasteiger partial charge in [-0.15, -0.1) is 0 Å². The highest BCUT2D eigenvalue weighted by molar-refractivity contribution is 4.80. The molecule has 0 aliphatic carbocycles. The Balaban J connectivity index is 0. The van der Waals surface area contributed by atoms with E-state index in [-0.39, 0.29) is 13.2 Å². The standard InChI is InChI=1S/C10H22O7.C4H10O3/c11-1-9(2-12,3-13)7-17-8-10(4-14,5-15)6-16;1-3(2)4(5,6)7/h11-16H,1-8H2;3,5-7H,1-2H3. The molecule has 10 heteroatoms. The predicted octanol–water partition coefficient (Wildman–Crippen LogP) is -3.80. The maximum Gasteiger partial charge on any atom is 0.277 e. The first-order chi connectivity index (χ1) is 11.0. The molecule has 24 heavy (non-hydrogen) atoms. The molecule has 0 aromatic heterocycles. The van der Waals surface area contributed by atoms with E-state index in [1.807, 2.05) is 0 Å². The van der Waals surface area contributed by atoms with Gasteiger partial charge < -0.3 is 50.7 Å². The molecule has 0 aromatic rings. The SMILES string of the molecule is CC(C)C(O)(O)O.OCC(CO)(CO)COCC(CO)(CO)CO. The molecule has 0 unspecified atom stereocenters. The number of aliphatic hydroxyl groups is 9. The molecule has 0 saturated carbocycles. The van der Waals surface area contributed by atoms with Crippen LogP contribution in [-0.2, 0) is 4.74 Å². The second-order valence-electron chi connectivity index (χ2n) is 6.28. The van der Waals surface area contributed by atoms with Crippen LogP contribution in [0.5, 0.6) is 0 Å². The Labute approximate surface area is 141 Å². The molecule has 0 bridgehead atoms. The van der Waals surface area contributed by atoms with Gasteiger partial charge in [0.15, 0.2) is 0 Å². The lowest BCUT2D eigenvalue weighted by molar-refractivity contribution is -0.335. The van der Waals surface area contributed by atoms with E-state index in [9.17, 15) is 0 Å². The fraction of sp³-hybridized carbons (Fsp3) is 1.00. The topological polar surface area (TPSA) is 191 Å². The van der Waals surface area contributed by atoms with Crippen LogP contribution in [0.4, 0.5) is 0 Å². The van der Waals surface area contributed by atoms with Gasteiger partial charge in [0.25, 0.3) is 5.97 Å². The maximum atomic E-state index is 9.03. The zero-order chi connectivity index (χ0) is 19.4. The summed E-state index contributed by atoms with van der Waals surface area (Å²) in [6.45, 7) is -0.00521. The van der Waals surface area contributed by atoms with Crippen molar-refractivity contribution in [3.8, 4) is 0 Å². The molecule has 0 amide bonds. The molecular weight excluding hydrogens is 328 g/mol. The van der Waals surface area contributed by atoms with Gasteiger partial charge in [0.1, 0.15) is 0 Å². The minimum absolute atomic E-state index is 0.141. The summed E-state index contributed by atoms with van der Waals surface area (Å²) < 4.78 is 5.15. The lowest BCUT2D eigenvalue weighted by Crippen LogP contribution is -2.43. The van der Waals surface area contributed by atoms with E-state index >= 15 is 0 Å². The first kappa shape index (κ1) is 25.8. The molecule has 0 saturated heterocycles. The largest absolute Gasteiger partial charge is 0.396 e. The van der Waals surface area contributed by atoms with E-state index in [1.165, 1.54) is 13.8 Å². The van der Waals surface area contributed by atoms with Crippen molar-refractivity contribution in [1.29, 1.82) is 0 Å². The molecule has 0 rings (SSSR count). The summed E-state index contributed by atoms with van der Waals surface area (Å²) in [6, 6.07) is 0. The number of hydrogen-bond acceptors (Lipinski definition) is 10. The zero-order valence-corrected chi connectivity index (χ0v) is 14.2. The van der Waals surface area contributed by atoms with E-state index in [0.717, 1.165) is 0 Å². The van der Waals surface area contributed by atoms with E-state index in [0.29, 0.717) is 0 Å². The van der Waals surface area contributed by atoms with Gasteiger partial charge in [0.05, 0.1) is 63.7 Å². The van der Waals surface area contributed by atoms with Gasteiger partial charge in [-0.2, -0.15) is 0 Å². The Morgan fingerprint density at radius 3 is 0.958 bits per heavy atom. The highest BCUT2D eigenvalue weighted by Gasteiger charge is 2.32. The van der Waals surface area contributed by atoms with Gasteiger partial charge in [-0.3, -0.25) is 0 Å². The summed E-state index contributed by atoms with van der Waals surface area (Å²) in [5.41, 5.74) is -2.32. The summed E-state index contributed by atoms with van der Waals surface area (Å²) in [5.74, 6) is -3.03. The Morgan fingerprint density at radius 2 is 0.833 bits per heavy atom. The fourth-order valence-corrected chi connectivity index (χ4v) is 1.06. The summed E-state index contributed by atoms with van der Waals surface area (Å²) in [4.78, 5) is 0. The Morgan fingerprint density at radius 1 is 0.625 bits per heavy atom. The molecule has 0 heterocycles. The van der Waals surface area contributed by atoms with Gasteiger partial charge in [-0.05, 0) is 0 Å². The Hall–Kier alpha value is -0.400. The monoisotopic (exact) mass is 360 g/mol. The zero-order valence-electron chi connectivity index (χ0n) is 14.2. The van der Waals surface area contributed by atoms with Crippen LogP contribution >= 0.6 is 0 Å². The molecule has 0 fully saturated rings. The Bertz CT molecular complexity index is 258. The number of aliphatic hydroxyl groups excluding tert-OH is 6. The summed E-state index contributed by atoms with van der Waals surface area (Å²) >= 11 is 0. The second-order valence-corrected chi connectivity index (χ2v) is 6.28. The summed E-state index contributed by atoms with van der Waals surface area (Å²) in [6.07, 6.45) is 0. The Kier molecular flexibility index (Phi) is 13.0. The lowest BCUT2D eigenvalue weighted by Gasteiger charge is -2.31. The molecule has 148 valence electrons. The number of rotatable bonds is 11. The molecule has 9 N–H and O–H groups in total. The third kappa shape index (κ3) is 9.18. The number of ether oxygens (including phenoxy) is 1. The molecule has 0 radical (unpaired) electrons. The molecular formula is C14H32O10. The van der Waals surface area contributed by atoms with Crippen LogP contribution in [0.25, 0.3) is 0 Å².